The van der Waals surface area contributed by atoms with Crippen LogP contribution in [0.1, 0.15) is 11.4 Å². The first-order chi connectivity index (χ1) is 11.8. The molecule has 1 aliphatic heterocycles. The molecule has 2 aromatic rings. The number of likely N-dealkylation sites (N-methyl/N-ethyl adjacent to an activating group) is 1. The van der Waals surface area contributed by atoms with E-state index in [0.29, 0.717) is 22.7 Å². The highest BCUT2D eigenvalue weighted by Crippen LogP contribution is 2.30. The molecule has 2 heterocycles. The average Bonchev–Trinajstić information content (AvgIpc) is 2.94. The number of alkyl halides is 3. The van der Waals surface area contributed by atoms with E-state index in [2.05, 4.69) is 27.0 Å². The van der Waals surface area contributed by atoms with Crippen molar-refractivity contribution < 1.29 is 13.2 Å². The molecule has 3 rings (SSSR count). The van der Waals surface area contributed by atoms with Crippen molar-refractivity contribution >= 4 is 12.2 Å². The molecule has 0 aliphatic carbocycles. The molecule has 1 aliphatic rings. The molecule has 5 nitrogen and oxygen atoms in total. The summed E-state index contributed by atoms with van der Waals surface area (Å²) < 4.78 is 40.8. The van der Waals surface area contributed by atoms with Crippen molar-refractivity contribution in [3.05, 3.63) is 40.4 Å². The molecule has 0 radical (unpaired) electrons. The summed E-state index contributed by atoms with van der Waals surface area (Å²) in [6, 6.07) is 5.15. The lowest BCUT2D eigenvalue weighted by atomic mass is 10.2. The Morgan fingerprint density at radius 3 is 2.60 bits per heavy atom. The Labute approximate surface area is 149 Å². The minimum atomic E-state index is -4.39. The summed E-state index contributed by atoms with van der Waals surface area (Å²) in [6.07, 6.45) is -3.77. The largest absolute Gasteiger partial charge is 0.416 e. The second-order valence-electron chi connectivity index (χ2n) is 6.22. The topological polar surface area (TPSA) is 40.1 Å². The average molecular weight is 371 g/mol. The van der Waals surface area contributed by atoms with Gasteiger partial charge >= 0.3 is 6.18 Å². The van der Waals surface area contributed by atoms with Crippen LogP contribution in [0.25, 0.3) is 5.69 Å². The van der Waals surface area contributed by atoms with Gasteiger partial charge in [-0.2, -0.15) is 18.3 Å². The van der Waals surface area contributed by atoms with Crippen LogP contribution in [0.2, 0.25) is 0 Å². The molecule has 1 aromatic heterocycles. The van der Waals surface area contributed by atoms with Gasteiger partial charge in [-0.1, -0.05) is 6.07 Å². The van der Waals surface area contributed by atoms with Crippen LogP contribution in [-0.2, 0) is 12.6 Å². The van der Waals surface area contributed by atoms with E-state index in [-0.39, 0.29) is 0 Å². The number of H-pyrrole nitrogens is 1. The number of aromatic nitrogens is 3. The molecule has 1 N–H and O–H groups in total. The van der Waals surface area contributed by atoms with Crippen LogP contribution in [0.4, 0.5) is 13.2 Å². The molecule has 1 saturated heterocycles. The van der Waals surface area contributed by atoms with Gasteiger partial charge in [0.05, 0.1) is 11.3 Å². The van der Waals surface area contributed by atoms with Gasteiger partial charge in [-0.05, 0) is 37.5 Å². The molecule has 0 bridgehead atoms. The van der Waals surface area contributed by atoms with E-state index in [4.69, 9.17) is 12.2 Å². The zero-order chi connectivity index (χ0) is 18.0. The van der Waals surface area contributed by atoms with E-state index in [9.17, 15) is 13.2 Å². The Kier molecular flexibility index (Phi) is 5.26. The van der Waals surface area contributed by atoms with Crippen LogP contribution < -0.4 is 0 Å². The number of piperazine rings is 1. The molecule has 9 heteroatoms. The van der Waals surface area contributed by atoms with Crippen LogP contribution in [0.5, 0.6) is 0 Å². The quantitative estimate of drug-likeness (QED) is 0.839. The Hall–Kier alpha value is -1.71. The Bertz CT molecular complexity index is 775. The van der Waals surface area contributed by atoms with Gasteiger partial charge in [0, 0.05) is 39.1 Å². The van der Waals surface area contributed by atoms with Crippen molar-refractivity contribution in [1.82, 2.24) is 24.6 Å². The number of rotatable bonds is 4. The second-order valence-corrected chi connectivity index (χ2v) is 6.61. The fraction of sp³-hybridized carbons (Fsp3) is 0.500. The molecule has 0 unspecified atom stereocenters. The third-order valence-corrected chi connectivity index (χ3v) is 4.69. The first-order valence-electron chi connectivity index (χ1n) is 8.09. The minimum Gasteiger partial charge on any atom is -0.304 e. The van der Waals surface area contributed by atoms with Gasteiger partial charge in [0.15, 0.2) is 4.77 Å². The summed E-state index contributed by atoms with van der Waals surface area (Å²) in [4.78, 5) is 4.60. The smallest absolute Gasteiger partial charge is 0.304 e. The van der Waals surface area contributed by atoms with Crippen LogP contribution in [0.3, 0.4) is 0 Å². The van der Waals surface area contributed by atoms with Crippen molar-refractivity contribution in [3.8, 4) is 5.69 Å². The zero-order valence-corrected chi connectivity index (χ0v) is 14.7. The summed E-state index contributed by atoms with van der Waals surface area (Å²) in [6.45, 7) is 4.78. The normalized spacial score (nSPS) is 17.1. The SMILES string of the molecule is CN1CCN(CCc2n[nH]c(=S)n2-c2cccc(C(F)(F)F)c2)CC1. The molecular weight excluding hydrogens is 351 g/mol. The van der Waals surface area contributed by atoms with Crippen LogP contribution in [0.15, 0.2) is 24.3 Å². The van der Waals surface area contributed by atoms with Crippen LogP contribution >= 0.6 is 12.2 Å². The third kappa shape index (κ3) is 4.28. The van der Waals surface area contributed by atoms with Crippen molar-refractivity contribution in [2.45, 2.75) is 12.6 Å². The van der Waals surface area contributed by atoms with Crippen molar-refractivity contribution in [1.29, 1.82) is 0 Å². The number of nitrogens with zero attached hydrogens (tertiary/aromatic N) is 4. The summed E-state index contributed by atoms with van der Waals surface area (Å²) in [5.74, 6) is 0.642. The predicted octanol–water partition coefficient (Wildman–Crippen LogP) is 2.74. The van der Waals surface area contributed by atoms with Gasteiger partial charge in [0.25, 0.3) is 0 Å². The molecule has 0 amide bonds. The molecule has 0 saturated carbocycles. The Morgan fingerprint density at radius 1 is 1.20 bits per heavy atom. The first-order valence-corrected chi connectivity index (χ1v) is 8.50. The third-order valence-electron chi connectivity index (χ3n) is 4.42. The van der Waals surface area contributed by atoms with E-state index >= 15 is 0 Å². The number of halogens is 3. The lowest BCUT2D eigenvalue weighted by Gasteiger charge is -2.32. The maximum atomic E-state index is 13.0. The first kappa shape index (κ1) is 18.1. The Morgan fingerprint density at radius 2 is 1.92 bits per heavy atom. The molecular formula is C16H20F3N5S. The molecule has 0 spiro atoms. The highest BCUT2D eigenvalue weighted by Gasteiger charge is 2.30. The van der Waals surface area contributed by atoms with Gasteiger partial charge in [-0.25, -0.2) is 0 Å². The standard InChI is InChI=1S/C16H20F3N5S/c1-22-7-9-23(10-8-22)6-5-14-20-21-15(25)24(14)13-4-2-3-12(11-13)16(17,18)19/h2-4,11H,5-10H2,1H3,(H,21,25). The van der Waals surface area contributed by atoms with Crippen molar-refractivity contribution in [2.75, 3.05) is 39.8 Å². The fourth-order valence-corrected chi connectivity index (χ4v) is 3.17. The maximum Gasteiger partial charge on any atom is 0.416 e. The van der Waals surface area contributed by atoms with Crippen molar-refractivity contribution in [3.63, 3.8) is 0 Å². The second kappa shape index (κ2) is 7.27. The van der Waals surface area contributed by atoms with Gasteiger partial charge in [0.1, 0.15) is 5.82 Å². The monoisotopic (exact) mass is 371 g/mol. The van der Waals surface area contributed by atoms with E-state index in [1.54, 1.807) is 10.6 Å². The summed E-state index contributed by atoms with van der Waals surface area (Å²) in [7, 11) is 2.09. The number of aromatic amines is 1. The van der Waals surface area contributed by atoms with Gasteiger partial charge in [-0.15, -0.1) is 0 Å². The Balaban J connectivity index is 1.79. The summed E-state index contributed by atoms with van der Waals surface area (Å²) in [5, 5.41) is 6.91. The van der Waals surface area contributed by atoms with E-state index in [1.165, 1.54) is 6.07 Å². The lowest BCUT2D eigenvalue weighted by molar-refractivity contribution is -0.137. The maximum absolute atomic E-state index is 13.0. The number of hydrogen-bond acceptors (Lipinski definition) is 4. The van der Waals surface area contributed by atoms with E-state index in [1.807, 2.05) is 0 Å². The fourth-order valence-electron chi connectivity index (χ4n) is 2.91. The summed E-state index contributed by atoms with van der Waals surface area (Å²) >= 11 is 5.22. The minimum absolute atomic E-state index is 0.299. The van der Waals surface area contributed by atoms with Crippen LogP contribution in [0, 0.1) is 4.77 Å². The highest BCUT2D eigenvalue weighted by atomic mass is 32.1. The summed E-state index contributed by atoms with van der Waals surface area (Å²) in [5.41, 5.74) is -0.319. The molecule has 0 atom stereocenters. The van der Waals surface area contributed by atoms with Gasteiger partial charge in [-0.3, -0.25) is 9.67 Å². The molecule has 25 heavy (non-hydrogen) atoms. The van der Waals surface area contributed by atoms with E-state index in [0.717, 1.165) is 44.9 Å². The van der Waals surface area contributed by atoms with Crippen molar-refractivity contribution in [2.24, 2.45) is 0 Å². The number of benzene rings is 1. The molecule has 136 valence electrons. The predicted molar refractivity (Wildman–Crippen MR) is 91.4 cm³/mol. The number of hydrogen-bond donors (Lipinski definition) is 1. The van der Waals surface area contributed by atoms with Crippen LogP contribution in [-0.4, -0.2) is 64.3 Å². The molecule has 1 aromatic carbocycles. The highest BCUT2D eigenvalue weighted by molar-refractivity contribution is 7.71. The zero-order valence-electron chi connectivity index (χ0n) is 13.9. The van der Waals surface area contributed by atoms with Gasteiger partial charge in [0.2, 0.25) is 0 Å². The van der Waals surface area contributed by atoms with Gasteiger partial charge < -0.3 is 9.80 Å². The van der Waals surface area contributed by atoms with E-state index < -0.39 is 11.7 Å². The molecule has 1 fully saturated rings. The lowest BCUT2D eigenvalue weighted by Crippen LogP contribution is -2.45. The number of nitrogens with one attached hydrogen (secondary N) is 1.